The van der Waals surface area contributed by atoms with Gasteiger partial charge < -0.3 is 49.7 Å². The Morgan fingerprint density at radius 2 is 1.06 bits per heavy atom. The number of phosphoric ester groups is 2. The summed E-state index contributed by atoms with van der Waals surface area (Å²) in [7, 11) is -10.4. The van der Waals surface area contributed by atoms with Gasteiger partial charge in [0.15, 0.2) is 0 Å². The third-order valence-corrected chi connectivity index (χ3v) is 10.1. The molecule has 0 aromatic rings. The average molecular weight is 950 g/mol. The molecule has 9 N–H and O–H groups in total. The average Bonchev–Trinajstić information content (AvgIpc) is 3.23. The van der Waals surface area contributed by atoms with E-state index >= 15 is 0 Å². The molecule has 0 radical (unpaired) electrons. The largest absolute Gasteiger partial charge is 0.472 e. The highest BCUT2D eigenvalue weighted by Crippen LogP contribution is 2.48. The van der Waals surface area contributed by atoms with Gasteiger partial charge in [-0.25, -0.2) is 9.13 Å². The van der Waals surface area contributed by atoms with E-state index in [1.165, 1.54) is 51.4 Å². The predicted molar refractivity (Wildman–Crippen MR) is 253 cm³/mol. The number of hydrogen-bond donors (Lipinski definition) is 9. The second kappa shape index (κ2) is 36.6. The molecule has 20 heteroatoms. The summed E-state index contributed by atoms with van der Waals surface area (Å²) in [6.45, 7) is 3.90. The van der Waals surface area contributed by atoms with E-state index in [9.17, 15) is 44.0 Å². The van der Waals surface area contributed by atoms with Crippen LogP contribution in [0.25, 0.3) is 0 Å². The van der Waals surface area contributed by atoms with Crippen LogP contribution in [0.5, 0.6) is 0 Å². The lowest BCUT2D eigenvalue weighted by Crippen LogP contribution is -2.64. The molecule has 1 fully saturated rings. The van der Waals surface area contributed by atoms with Gasteiger partial charge in [0.1, 0.15) is 49.5 Å². The fourth-order valence-corrected chi connectivity index (χ4v) is 7.06. The molecular formula is C43H85NO17P2. The maximum absolute atomic E-state index is 12.5. The second-order valence-electron chi connectivity index (χ2n) is 13.9. The first-order chi connectivity index (χ1) is 30.0. The number of carbonyl (C=O) groups excluding carboxylic acids is 2. The van der Waals surface area contributed by atoms with Crippen molar-refractivity contribution in [2.45, 2.75) is 166 Å². The molecule has 5 unspecified atom stereocenters. The normalized spacial score (nSPS) is 20.0. The van der Waals surface area contributed by atoms with Crippen LogP contribution in [0.2, 0.25) is 0 Å². The van der Waals surface area contributed by atoms with Crippen molar-refractivity contribution in [3.8, 4) is 71.2 Å². The number of hydrogen-bond acceptors (Lipinski definition) is 14. The fraction of sp³-hybridized carbons (Fsp3) is 0.674. The van der Waals surface area contributed by atoms with E-state index in [1.807, 2.05) is 6.92 Å². The van der Waals surface area contributed by atoms with Crippen molar-refractivity contribution in [2.75, 3.05) is 20.0 Å². The summed E-state index contributed by atoms with van der Waals surface area (Å²) in [6.07, 6.45) is 1.55. The van der Waals surface area contributed by atoms with Gasteiger partial charge in [0.25, 0.3) is 0 Å². The number of phosphoric acid groups is 2. The third-order valence-electron chi connectivity index (χ3n) is 8.59. The number of aliphatic hydroxyl groups excluding tert-OH is 5. The number of carbonyl (C=O) groups is 2. The molecule has 1 aliphatic carbocycles. The molecule has 0 bridgehead atoms. The van der Waals surface area contributed by atoms with Crippen molar-refractivity contribution in [3.63, 3.8) is 0 Å². The Balaban J connectivity index is -0.000000111. The van der Waals surface area contributed by atoms with Crippen LogP contribution in [-0.4, -0.2) is 115 Å². The number of rotatable bonds is 27. The van der Waals surface area contributed by atoms with Crippen LogP contribution >= 0.6 is 15.6 Å². The first kappa shape index (κ1) is 59.3. The van der Waals surface area contributed by atoms with Gasteiger partial charge in [-0.05, 0) is 49.4 Å². The number of ether oxygens (including phenoxy) is 2. The second-order valence-corrected chi connectivity index (χ2v) is 16.5. The van der Waals surface area contributed by atoms with E-state index in [0.29, 0.717) is 12.8 Å². The fourth-order valence-electron chi connectivity index (χ4n) is 5.52. The molecule has 63 heavy (non-hydrogen) atoms. The number of esters is 1. The van der Waals surface area contributed by atoms with Crippen LogP contribution in [0, 0.1) is 71.2 Å². The van der Waals surface area contributed by atoms with Crippen molar-refractivity contribution >= 4 is 27.5 Å². The van der Waals surface area contributed by atoms with Crippen molar-refractivity contribution in [3.05, 3.63) is 0 Å². The van der Waals surface area contributed by atoms with Crippen LogP contribution in [0.1, 0.15) is 139 Å². The van der Waals surface area contributed by atoms with E-state index < -0.39 is 84.3 Å². The van der Waals surface area contributed by atoms with Gasteiger partial charge in [0, 0.05) is 64.2 Å². The first-order valence-corrected chi connectivity index (χ1v) is 23.8. The van der Waals surface area contributed by atoms with Crippen LogP contribution in [0.4, 0.5) is 0 Å². The summed E-state index contributed by atoms with van der Waals surface area (Å²) in [5.74, 6) is 26.8. The minimum atomic E-state index is -5.27. The van der Waals surface area contributed by atoms with Gasteiger partial charge >= 0.3 is 21.6 Å². The summed E-state index contributed by atoms with van der Waals surface area (Å²) in [5.41, 5.74) is 0. The van der Waals surface area contributed by atoms with Gasteiger partial charge in [-0.3, -0.25) is 28.5 Å². The van der Waals surface area contributed by atoms with Crippen molar-refractivity contribution in [2.24, 2.45) is 0 Å². The SMILES string of the molecule is CC#CC#CC#CC#CC#CC#CNC(=O)CCC.CCCCCCCCCCCCCCCC(=O)O[C@H](COCO)COP(=O)(O)OC1C(O)[C@H](O)C(OP(=O)(O)O)C(O)[C@@H]1O.[HH].[HH].[HH].[HH].[HH].[HH].[HH].[HH].[HH].[HH].[HH]. The van der Waals surface area contributed by atoms with Gasteiger partial charge in [-0.2, -0.15) is 0 Å². The molecule has 8 atom stereocenters. The summed E-state index contributed by atoms with van der Waals surface area (Å²) in [5, 5.41) is 51.9. The van der Waals surface area contributed by atoms with E-state index in [2.05, 4.69) is 87.9 Å². The van der Waals surface area contributed by atoms with Crippen LogP contribution in [0.3, 0.4) is 0 Å². The monoisotopic (exact) mass is 950 g/mol. The smallest absolute Gasteiger partial charge is 0.457 e. The predicted octanol–water partition coefficient (Wildman–Crippen LogP) is 5.39. The minimum absolute atomic E-state index is 0. The Morgan fingerprint density at radius 3 is 1.51 bits per heavy atom. The van der Waals surface area contributed by atoms with E-state index in [0.717, 1.165) is 32.1 Å². The van der Waals surface area contributed by atoms with Crippen molar-refractivity contribution in [1.82, 2.24) is 5.32 Å². The van der Waals surface area contributed by atoms with E-state index in [-0.39, 0.29) is 28.0 Å². The Hall–Kier alpha value is -3.72. The highest BCUT2D eigenvalue weighted by Gasteiger charge is 2.54. The highest BCUT2D eigenvalue weighted by molar-refractivity contribution is 7.47. The lowest BCUT2D eigenvalue weighted by molar-refractivity contribution is -0.216. The Kier molecular flexibility index (Phi) is 34.4. The van der Waals surface area contributed by atoms with Crippen LogP contribution in [0.15, 0.2) is 0 Å². The highest BCUT2D eigenvalue weighted by atomic mass is 31.2. The van der Waals surface area contributed by atoms with Crippen molar-refractivity contribution < 1.29 is 97.7 Å². The van der Waals surface area contributed by atoms with E-state index in [4.69, 9.17) is 33.4 Å². The molecule has 18 nitrogen and oxygen atoms in total. The molecule has 1 amide bonds. The van der Waals surface area contributed by atoms with E-state index in [1.54, 1.807) is 6.92 Å². The zero-order valence-corrected chi connectivity index (χ0v) is 37.9. The topological polar surface area (TPSA) is 288 Å². The molecule has 0 aliphatic heterocycles. The molecule has 0 saturated heterocycles. The molecule has 1 aliphatic rings. The molecule has 374 valence electrons. The number of aliphatic hydroxyl groups is 5. The molecule has 0 aromatic heterocycles. The Labute approximate surface area is 387 Å². The summed E-state index contributed by atoms with van der Waals surface area (Å²) in [4.78, 5) is 51.2. The summed E-state index contributed by atoms with van der Waals surface area (Å²) < 4.78 is 47.3. The van der Waals surface area contributed by atoms with Gasteiger partial charge in [0.2, 0.25) is 5.91 Å². The summed E-state index contributed by atoms with van der Waals surface area (Å²) >= 11 is 0. The zero-order valence-electron chi connectivity index (χ0n) is 36.1. The van der Waals surface area contributed by atoms with Gasteiger partial charge in [-0.1, -0.05) is 96.8 Å². The third kappa shape index (κ3) is 31.7. The van der Waals surface area contributed by atoms with Gasteiger partial charge in [0.05, 0.1) is 13.2 Å². The standard InChI is InChI=1S/C26H52O16P2.C17H11NO.11H2/c1-2-3-4-5-6-7-8-9-10-11-12-13-14-15-20(28)40-19(16-38-18-27)17-39-44(36,37)42-26-23(31)21(29)25(22(30)24(26)32)41-43(33,34)35;1-3-5-6-7-8-9-10-11-12-13-14-16-18-17(19)15-4-2;;;;;;;;;;;/h19,21-27,29-32H,2-18H2,1H3,(H,36,37)(H2,33,34,35);4,15H2,1-2H3,(H,18,19);11*1H/t19-,21+,22?,23?,24+,25?,26?;;;;;;;;;;;;/m1............/s1. The van der Waals surface area contributed by atoms with Crippen LogP contribution < -0.4 is 5.32 Å². The lowest BCUT2D eigenvalue weighted by Gasteiger charge is -2.43. The van der Waals surface area contributed by atoms with Crippen molar-refractivity contribution in [1.29, 1.82) is 0 Å². The van der Waals surface area contributed by atoms with Crippen LogP contribution in [-0.2, 0) is 41.8 Å². The maximum atomic E-state index is 12.5. The molecule has 0 aromatic carbocycles. The minimum Gasteiger partial charge on any atom is -0.457 e. The zero-order chi connectivity index (χ0) is 47.4. The molecule has 0 spiro atoms. The Bertz CT molecular complexity index is 1850. The number of nitrogens with one attached hydrogen (secondary N) is 1. The molecule has 1 saturated carbocycles. The summed E-state index contributed by atoms with van der Waals surface area (Å²) in [6, 6.07) is 2.43. The molecular weight excluding hydrogens is 864 g/mol. The number of amides is 1. The lowest BCUT2D eigenvalue weighted by atomic mass is 9.85. The van der Waals surface area contributed by atoms with Gasteiger partial charge in [-0.15, -0.1) is 0 Å². The number of unbranched alkanes of at least 4 members (excludes halogenated alkanes) is 12. The molecule has 1 rings (SSSR count). The molecule has 0 heterocycles. The first-order valence-electron chi connectivity index (χ1n) is 20.7. The quantitative estimate of drug-likeness (QED) is 0.0125. The Morgan fingerprint density at radius 1 is 0.619 bits per heavy atom. The maximum Gasteiger partial charge on any atom is 0.472 e.